The van der Waals surface area contributed by atoms with Crippen LogP contribution in [0.1, 0.15) is 25.3 Å². The van der Waals surface area contributed by atoms with Crippen molar-refractivity contribution in [2.75, 3.05) is 19.6 Å². The molecule has 0 atom stereocenters. The zero-order valence-corrected chi connectivity index (χ0v) is 13.2. The smallest absolute Gasteiger partial charge is 0.234 e. The van der Waals surface area contributed by atoms with Gasteiger partial charge in [-0.05, 0) is 50.0 Å². The summed E-state index contributed by atoms with van der Waals surface area (Å²) in [5.41, 5.74) is 0.500. The van der Waals surface area contributed by atoms with Gasteiger partial charge in [0.25, 0.3) is 0 Å². The molecule has 0 aliphatic carbocycles. The Kier molecular flexibility index (Phi) is 5.54. The molecule has 1 saturated heterocycles. The second kappa shape index (κ2) is 7.18. The van der Waals surface area contributed by atoms with Crippen LogP contribution >= 0.6 is 15.9 Å². The number of benzene rings is 1. The number of hydrogen-bond donors (Lipinski definition) is 1. The lowest BCUT2D eigenvalue weighted by Crippen LogP contribution is -2.41. The Morgan fingerprint density at radius 3 is 2.85 bits per heavy atom. The minimum absolute atomic E-state index is 0.0427. The molecule has 1 heterocycles. The monoisotopic (exact) mass is 342 g/mol. The molecule has 0 bridgehead atoms. The Labute approximate surface area is 127 Å². The van der Waals surface area contributed by atoms with E-state index in [9.17, 15) is 9.18 Å². The van der Waals surface area contributed by atoms with Crippen LogP contribution in [-0.4, -0.2) is 30.4 Å². The largest absolute Gasteiger partial charge is 0.351 e. The second-order valence-corrected chi connectivity index (χ2v) is 6.39. The van der Waals surface area contributed by atoms with Crippen LogP contribution in [0, 0.1) is 11.7 Å². The van der Waals surface area contributed by atoms with Crippen LogP contribution in [0.15, 0.2) is 22.7 Å². The van der Waals surface area contributed by atoms with Crippen LogP contribution < -0.4 is 5.32 Å². The van der Waals surface area contributed by atoms with Crippen LogP contribution in [0.4, 0.5) is 4.39 Å². The molecule has 3 nitrogen and oxygen atoms in total. The van der Waals surface area contributed by atoms with Gasteiger partial charge in [0, 0.05) is 16.6 Å². The standard InChI is InChI=1S/C15H20BrFN2O/c1-11-4-6-19(7-5-11)10-15(20)18-9-12-8-13(16)2-3-14(12)17/h2-3,8,11H,4-7,9-10H2,1H3,(H,18,20). The maximum atomic E-state index is 13.5. The van der Waals surface area contributed by atoms with E-state index in [0.29, 0.717) is 12.1 Å². The molecule has 1 aliphatic heterocycles. The number of carbonyl (C=O) groups is 1. The van der Waals surface area contributed by atoms with Crippen LogP contribution in [0.25, 0.3) is 0 Å². The number of likely N-dealkylation sites (tertiary alicyclic amines) is 1. The number of nitrogens with one attached hydrogen (secondary N) is 1. The molecule has 0 unspecified atom stereocenters. The number of amides is 1. The summed E-state index contributed by atoms with van der Waals surface area (Å²) >= 11 is 3.30. The summed E-state index contributed by atoms with van der Waals surface area (Å²) in [6.07, 6.45) is 2.29. The van der Waals surface area contributed by atoms with Gasteiger partial charge in [-0.3, -0.25) is 9.69 Å². The van der Waals surface area contributed by atoms with Crippen molar-refractivity contribution in [3.05, 3.63) is 34.1 Å². The Balaban J connectivity index is 1.79. The van der Waals surface area contributed by atoms with Gasteiger partial charge in [-0.15, -0.1) is 0 Å². The SMILES string of the molecule is CC1CCN(CC(=O)NCc2cc(Br)ccc2F)CC1. The predicted octanol–water partition coefficient (Wildman–Crippen LogP) is 2.94. The molecule has 0 spiro atoms. The lowest BCUT2D eigenvalue weighted by atomic mass is 9.99. The van der Waals surface area contributed by atoms with Gasteiger partial charge in [-0.25, -0.2) is 4.39 Å². The maximum Gasteiger partial charge on any atom is 0.234 e. The Bertz CT molecular complexity index is 473. The summed E-state index contributed by atoms with van der Waals surface area (Å²) in [5.74, 6) is 0.421. The van der Waals surface area contributed by atoms with Crippen LogP contribution in [0.3, 0.4) is 0 Å². The second-order valence-electron chi connectivity index (χ2n) is 5.47. The van der Waals surface area contributed by atoms with Crippen LogP contribution in [0.5, 0.6) is 0 Å². The normalized spacial score (nSPS) is 17.1. The molecule has 110 valence electrons. The Morgan fingerprint density at radius 2 is 2.15 bits per heavy atom. The number of halogens is 2. The van der Waals surface area contributed by atoms with E-state index in [4.69, 9.17) is 0 Å². The van der Waals surface area contributed by atoms with Crippen molar-refractivity contribution >= 4 is 21.8 Å². The number of carbonyl (C=O) groups excluding carboxylic acids is 1. The molecule has 0 radical (unpaired) electrons. The number of nitrogens with zero attached hydrogens (tertiary/aromatic N) is 1. The van der Waals surface area contributed by atoms with E-state index in [1.54, 1.807) is 12.1 Å². The molecule has 1 fully saturated rings. The number of hydrogen-bond acceptors (Lipinski definition) is 2. The molecule has 1 aromatic carbocycles. The highest BCUT2D eigenvalue weighted by Crippen LogP contribution is 2.16. The van der Waals surface area contributed by atoms with Gasteiger partial charge in [-0.1, -0.05) is 22.9 Å². The van der Waals surface area contributed by atoms with Gasteiger partial charge in [0.1, 0.15) is 5.82 Å². The van der Waals surface area contributed by atoms with Crippen LogP contribution in [-0.2, 0) is 11.3 Å². The number of piperidine rings is 1. The zero-order chi connectivity index (χ0) is 14.5. The first-order valence-corrected chi connectivity index (χ1v) is 7.77. The Hall–Kier alpha value is -0.940. The molecule has 1 amide bonds. The quantitative estimate of drug-likeness (QED) is 0.912. The number of rotatable bonds is 4. The van der Waals surface area contributed by atoms with Crippen molar-refractivity contribution in [1.29, 1.82) is 0 Å². The van der Waals surface area contributed by atoms with E-state index in [-0.39, 0.29) is 18.3 Å². The van der Waals surface area contributed by atoms with Crippen molar-refractivity contribution < 1.29 is 9.18 Å². The fourth-order valence-electron chi connectivity index (χ4n) is 2.35. The van der Waals surface area contributed by atoms with E-state index in [0.717, 1.165) is 36.3 Å². The molecule has 2 rings (SSSR count). The first-order chi connectivity index (χ1) is 9.54. The van der Waals surface area contributed by atoms with Crippen LogP contribution in [0.2, 0.25) is 0 Å². The first kappa shape index (κ1) is 15.4. The lowest BCUT2D eigenvalue weighted by Gasteiger charge is -2.29. The fourth-order valence-corrected chi connectivity index (χ4v) is 2.76. The predicted molar refractivity (Wildman–Crippen MR) is 80.8 cm³/mol. The third-order valence-electron chi connectivity index (χ3n) is 3.73. The molecular formula is C15H20BrFN2O. The molecule has 5 heteroatoms. The topological polar surface area (TPSA) is 32.3 Å². The fraction of sp³-hybridized carbons (Fsp3) is 0.533. The van der Waals surface area contributed by atoms with Crippen molar-refractivity contribution in [1.82, 2.24) is 10.2 Å². The lowest BCUT2D eigenvalue weighted by molar-refractivity contribution is -0.122. The molecule has 0 saturated carbocycles. The summed E-state index contributed by atoms with van der Waals surface area (Å²) in [7, 11) is 0. The van der Waals surface area contributed by atoms with E-state index < -0.39 is 0 Å². The molecule has 1 aliphatic rings. The average Bonchev–Trinajstić information content (AvgIpc) is 2.42. The van der Waals surface area contributed by atoms with Crippen molar-refractivity contribution in [2.24, 2.45) is 5.92 Å². The summed E-state index contributed by atoms with van der Waals surface area (Å²) in [6.45, 7) is 4.82. The first-order valence-electron chi connectivity index (χ1n) is 6.97. The zero-order valence-electron chi connectivity index (χ0n) is 11.7. The third-order valence-corrected chi connectivity index (χ3v) is 4.22. The van der Waals surface area contributed by atoms with Gasteiger partial charge >= 0.3 is 0 Å². The van der Waals surface area contributed by atoms with Gasteiger partial charge in [0.15, 0.2) is 0 Å². The van der Waals surface area contributed by atoms with E-state index in [1.807, 2.05) is 0 Å². The van der Waals surface area contributed by atoms with E-state index >= 15 is 0 Å². The molecular weight excluding hydrogens is 323 g/mol. The average molecular weight is 343 g/mol. The van der Waals surface area contributed by atoms with Gasteiger partial charge in [0.2, 0.25) is 5.91 Å². The minimum atomic E-state index is -0.291. The summed E-state index contributed by atoms with van der Waals surface area (Å²) < 4.78 is 14.4. The van der Waals surface area contributed by atoms with E-state index in [2.05, 4.69) is 33.1 Å². The molecule has 1 N–H and O–H groups in total. The highest BCUT2D eigenvalue weighted by molar-refractivity contribution is 9.10. The van der Waals surface area contributed by atoms with E-state index in [1.165, 1.54) is 6.07 Å². The minimum Gasteiger partial charge on any atom is -0.351 e. The summed E-state index contributed by atoms with van der Waals surface area (Å²) in [5, 5.41) is 2.78. The molecule has 20 heavy (non-hydrogen) atoms. The highest BCUT2D eigenvalue weighted by Gasteiger charge is 2.17. The van der Waals surface area contributed by atoms with Crippen molar-refractivity contribution in [3.8, 4) is 0 Å². The summed E-state index contributed by atoms with van der Waals surface area (Å²) in [6, 6.07) is 4.74. The van der Waals surface area contributed by atoms with Crippen molar-refractivity contribution in [3.63, 3.8) is 0 Å². The molecule has 0 aromatic heterocycles. The maximum absolute atomic E-state index is 13.5. The Morgan fingerprint density at radius 1 is 1.45 bits per heavy atom. The van der Waals surface area contributed by atoms with Gasteiger partial charge in [0.05, 0.1) is 6.54 Å². The van der Waals surface area contributed by atoms with Crippen molar-refractivity contribution in [2.45, 2.75) is 26.3 Å². The summed E-state index contributed by atoms with van der Waals surface area (Å²) in [4.78, 5) is 14.0. The third kappa shape index (κ3) is 4.56. The molecule has 1 aromatic rings. The highest BCUT2D eigenvalue weighted by atomic mass is 79.9. The van der Waals surface area contributed by atoms with Gasteiger partial charge < -0.3 is 5.32 Å². The van der Waals surface area contributed by atoms with Gasteiger partial charge in [-0.2, -0.15) is 0 Å².